The Morgan fingerprint density at radius 1 is 1.00 bits per heavy atom. The van der Waals surface area contributed by atoms with Gasteiger partial charge in [-0.3, -0.25) is 4.79 Å². The maximum absolute atomic E-state index is 12.0. The molecule has 1 aromatic heterocycles. The zero-order valence-electron chi connectivity index (χ0n) is 13.4. The van der Waals surface area contributed by atoms with Gasteiger partial charge < -0.3 is 10.2 Å². The third-order valence-electron chi connectivity index (χ3n) is 4.23. The standard InChI is InChI=1S/C19H23N3O/c23-19(17-8-4-3-5-9-17)21-15-16-10-11-18(20-14-16)22-12-6-1-2-7-13-22/h3-5,8-11,14H,1-2,6-7,12-13,15H2,(H,21,23). The molecule has 2 aromatic rings. The normalized spacial score (nSPS) is 15.0. The van der Waals surface area contributed by atoms with Crippen LogP contribution < -0.4 is 10.2 Å². The lowest BCUT2D eigenvalue weighted by Gasteiger charge is -2.21. The summed E-state index contributed by atoms with van der Waals surface area (Å²) in [5, 5.41) is 2.93. The van der Waals surface area contributed by atoms with Crippen LogP contribution in [0.4, 0.5) is 5.82 Å². The molecule has 1 saturated heterocycles. The third-order valence-corrected chi connectivity index (χ3v) is 4.23. The van der Waals surface area contributed by atoms with Crippen molar-refractivity contribution in [1.82, 2.24) is 10.3 Å². The molecule has 1 fully saturated rings. The van der Waals surface area contributed by atoms with Crippen molar-refractivity contribution in [3.05, 3.63) is 59.8 Å². The number of anilines is 1. The highest BCUT2D eigenvalue weighted by molar-refractivity contribution is 5.94. The number of pyridine rings is 1. The van der Waals surface area contributed by atoms with Crippen LogP contribution in [0.3, 0.4) is 0 Å². The number of rotatable bonds is 4. The fraction of sp³-hybridized carbons (Fsp3) is 0.368. The second kappa shape index (κ2) is 7.77. The number of aromatic nitrogens is 1. The fourth-order valence-electron chi connectivity index (χ4n) is 2.88. The van der Waals surface area contributed by atoms with Crippen molar-refractivity contribution < 1.29 is 4.79 Å². The molecule has 0 unspecified atom stereocenters. The van der Waals surface area contributed by atoms with Crippen LogP contribution in [0.2, 0.25) is 0 Å². The summed E-state index contributed by atoms with van der Waals surface area (Å²) in [4.78, 5) is 19.0. The first kappa shape index (κ1) is 15.5. The minimum absolute atomic E-state index is 0.0535. The monoisotopic (exact) mass is 309 g/mol. The molecule has 2 heterocycles. The van der Waals surface area contributed by atoms with Crippen molar-refractivity contribution in [2.45, 2.75) is 32.2 Å². The largest absolute Gasteiger partial charge is 0.357 e. The van der Waals surface area contributed by atoms with Gasteiger partial charge in [-0.1, -0.05) is 37.1 Å². The van der Waals surface area contributed by atoms with Gasteiger partial charge in [-0.05, 0) is 36.6 Å². The Kier molecular flexibility index (Phi) is 5.25. The summed E-state index contributed by atoms with van der Waals surface area (Å²) in [5.41, 5.74) is 1.70. The second-order valence-corrected chi connectivity index (χ2v) is 5.97. The minimum atomic E-state index is -0.0535. The van der Waals surface area contributed by atoms with E-state index in [0.29, 0.717) is 12.1 Å². The van der Waals surface area contributed by atoms with E-state index in [0.717, 1.165) is 24.5 Å². The average Bonchev–Trinajstić information content (AvgIpc) is 2.90. The molecule has 0 aliphatic carbocycles. The summed E-state index contributed by atoms with van der Waals surface area (Å²) in [6.07, 6.45) is 7.00. The van der Waals surface area contributed by atoms with Gasteiger partial charge in [-0.15, -0.1) is 0 Å². The van der Waals surface area contributed by atoms with E-state index in [2.05, 4.69) is 27.3 Å². The molecule has 1 aromatic carbocycles. The van der Waals surface area contributed by atoms with E-state index >= 15 is 0 Å². The molecule has 4 nitrogen and oxygen atoms in total. The van der Waals surface area contributed by atoms with Gasteiger partial charge in [0.1, 0.15) is 5.82 Å². The van der Waals surface area contributed by atoms with E-state index in [-0.39, 0.29) is 5.91 Å². The summed E-state index contributed by atoms with van der Waals surface area (Å²) in [7, 11) is 0. The van der Waals surface area contributed by atoms with Crippen molar-refractivity contribution in [3.8, 4) is 0 Å². The predicted molar refractivity (Wildman–Crippen MR) is 92.5 cm³/mol. The molecule has 0 atom stereocenters. The van der Waals surface area contributed by atoms with Crippen LogP contribution in [0.1, 0.15) is 41.6 Å². The number of carbonyl (C=O) groups excluding carboxylic acids is 1. The van der Waals surface area contributed by atoms with E-state index in [1.165, 1.54) is 25.7 Å². The van der Waals surface area contributed by atoms with E-state index in [9.17, 15) is 4.79 Å². The number of hydrogen-bond acceptors (Lipinski definition) is 3. The molecule has 120 valence electrons. The molecule has 0 saturated carbocycles. The Bertz CT molecular complexity index is 617. The van der Waals surface area contributed by atoms with Gasteiger partial charge in [-0.2, -0.15) is 0 Å². The van der Waals surface area contributed by atoms with Crippen LogP contribution in [0.5, 0.6) is 0 Å². The van der Waals surface area contributed by atoms with Gasteiger partial charge in [0.05, 0.1) is 0 Å². The summed E-state index contributed by atoms with van der Waals surface area (Å²) < 4.78 is 0. The summed E-state index contributed by atoms with van der Waals surface area (Å²) in [5.74, 6) is 0.993. The van der Waals surface area contributed by atoms with Crippen molar-refractivity contribution in [1.29, 1.82) is 0 Å². The van der Waals surface area contributed by atoms with Crippen molar-refractivity contribution >= 4 is 11.7 Å². The van der Waals surface area contributed by atoms with Gasteiger partial charge in [0.15, 0.2) is 0 Å². The maximum atomic E-state index is 12.0. The number of benzene rings is 1. The molecule has 1 amide bonds. The highest BCUT2D eigenvalue weighted by Gasteiger charge is 2.11. The molecule has 23 heavy (non-hydrogen) atoms. The Morgan fingerprint density at radius 3 is 2.39 bits per heavy atom. The molecular weight excluding hydrogens is 286 g/mol. The first-order valence-corrected chi connectivity index (χ1v) is 8.36. The van der Waals surface area contributed by atoms with Crippen LogP contribution in [0.15, 0.2) is 48.7 Å². The highest BCUT2D eigenvalue weighted by atomic mass is 16.1. The van der Waals surface area contributed by atoms with Gasteiger partial charge >= 0.3 is 0 Å². The molecule has 0 radical (unpaired) electrons. The Morgan fingerprint density at radius 2 is 1.74 bits per heavy atom. The predicted octanol–water partition coefficient (Wildman–Crippen LogP) is 3.39. The number of nitrogens with one attached hydrogen (secondary N) is 1. The molecular formula is C19H23N3O. The average molecular weight is 309 g/mol. The van der Waals surface area contributed by atoms with E-state index in [1.54, 1.807) is 0 Å². The summed E-state index contributed by atoms with van der Waals surface area (Å²) in [6.45, 7) is 2.69. The summed E-state index contributed by atoms with van der Waals surface area (Å²) in [6, 6.07) is 13.4. The lowest BCUT2D eigenvalue weighted by Crippen LogP contribution is -2.25. The molecule has 1 N–H and O–H groups in total. The minimum Gasteiger partial charge on any atom is -0.357 e. The Labute approximate surface area is 137 Å². The Hall–Kier alpha value is -2.36. The lowest BCUT2D eigenvalue weighted by atomic mass is 10.2. The van der Waals surface area contributed by atoms with Crippen LogP contribution >= 0.6 is 0 Å². The maximum Gasteiger partial charge on any atom is 0.251 e. The van der Waals surface area contributed by atoms with Crippen LogP contribution in [0.25, 0.3) is 0 Å². The number of amides is 1. The number of hydrogen-bond donors (Lipinski definition) is 1. The van der Waals surface area contributed by atoms with E-state index in [4.69, 9.17) is 0 Å². The van der Waals surface area contributed by atoms with Gasteiger partial charge in [0.25, 0.3) is 5.91 Å². The van der Waals surface area contributed by atoms with Crippen LogP contribution in [0, 0.1) is 0 Å². The number of carbonyl (C=O) groups is 1. The molecule has 1 aliphatic rings. The first-order chi connectivity index (χ1) is 11.3. The van der Waals surface area contributed by atoms with Gasteiger partial charge in [0, 0.05) is 31.4 Å². The topological polar surface area (TPSA) is 45.2 Å². The van der Waals surface area contributed by atoms with Gasteiger partial charge in [-0.25, -0.2) is 4.98 Å². The fourth-order valence-corrected chi connectivity index (χ4v) is 2.88. The Balaban J connectivity index is 1.56. The second-order valence-electron chi connectivity index (χ2n) is 5.97. The molecule has 4 heteroatoms. The van der Waals surface area contributed by atoms with Crippen molar-refractivity contribution in [3.63, 3.8) is 0 Å². The van der Waals surface area contributed by atoms with E-state index in [1.807, 2.05) is 36.5 Å². The zero-order valence-corrected chi connectivity index (χ0v) is 13.4. The van der Waals surface area contributed by atoms with Crippen molar-refractivity contribution in [2.75, 3.05) is 18.0 Å². The molecule has 0 bridgehead atoms. The highest BCUT2D eigenvalue weighted by Crippen LogP contribution is 2.17. The lowest BCUT2D eigenvalue weighted by molar-refractivity contribution is 0.0951. The van der Waals surface area contributed by atoms with E-state index < -0.39 is 0 Å². The van der Waals surface area contributed by atoms with Crippen molar-refractivity contribution in [2.24, 2.45) is 0 Å². The quantitative estimate of drug-likeness (QED) is 0.941. The number of nitrogens with zero attached hydrogens (tertiary/aromatic N) is 2. The SMILES string of the molecule is O=C(NCc1ccc(N2CCCCCC2)nc1)c1ccccc1. The summed E-state index contributed by atoms with van der Waals surface area (Å²) >= 11 is 0. The molecule has 0 spiro atoms. The molecule has 1 aliphatic heterocycles. The van der Waals surface area contributed by atoms with Crippen LogP contribution in [-0.2, 0) is 6.54 Å². The molecule has 3 rings (SSSR count). The zero-order chi connectivity index (χ0) is 15.9. The van der Waals surface area contributed by atoms with Gasteiger partial charge in [0.2, 0.25) is 0 Å². The van der Waals surface area contributed by atoms with Crippen LogP contribution in [-0.4, -0.2) is 24.0 Å². The third kappa shape index (κ3) is 4.31. The smallest absolute Gasteiger partial charge is 0.251 e. The first-order valence-electron chi connectivity index (χ1n) is 8.36.